The minimum atomic E-state index is -1.02. The second kappa shape index (κ2) is 9.28. The average Bonchev–Trinajstić information content (AvgIpc) is 2.49. The van der Waals surface area contributed by atoms with Crippen LogP contribution in [0.4, 0.5) is 0 Å². The van der Waals surface area contributed by atoms with E-state index in [0.29, 0.717) is 17.9 Å². The lowest BCUT2D eigenvalue weighted by atomic mass is 10.2. The smallest absolute Gasteiger partial charge is 0.326 e. The van der Waals surface area contributed by atoms with Gasteiger partial charge < -0.3 is 15.2 Å². The lowest BCUT2D eigenvalue weighted by Crippen LogP contribution is -2.43. The number of carboxylic acids is 1. The Morgan fingerprint density at radius 1 is 1.43 bits per heavy atom. The Morgan fingerprint density at radius 3 is 2.81 bits per heavy atom. The van der Waals surface area contributed by atoms with Crippen LogP contribution < -0.4 is 10.1 Å². The molecule has 0 saturated carbocycles. The van der Waals surface area contributed by atoms with Crippen molar-refractivity contribution in [1.82, 2.24) is 5.32 Å². The number of aliphatic carboxylic acids is 1. The van der Waals surface area contributed by atoms with Gasteiger partial charge in [-0.3, -0.25) is 4.79 Å². The predicted molar refractivity (Wildman–Crippen MR) is 83.9 cm³/mol. The molecule has 1 aromatic rings. The molecule has 0 saturated heterocycles. The van der Waals surface area contributed by atoms with E-state index in [9.17, 15) is 9.59 Å². The van der Waals surface area contributed by atoms with Gasteiger partial charge in [-0.05, 0) is 42.5 Å². The summed E-state index contributed by atoms with van der Waals surface area (Å²) in [5.74, 6) is -0.160. The van der Waals surface area contributed by atoms with Crippen LogP contribution in [0.5, 0.6) is 5.75 Å². The number of aryl methyl sites for hydroxylation is 1. The third kappa shape index (κ3) is 6.53. The molecule has 0 aliphatic heterocycles. The zero-order valence-corrected chi connectivity index (χ0v) is 13.1. The van der Waals surface area contributed by atoms with Gasteiger partial charge in [0.25, 0.3) is 5.91 Å². The topological polar surface area (TPSA) is 75.6 Å². The molecule has 0 aliphatic carbocycles. The molecule has 6 heteroatoms. The van der Waals surface area contributed by atoms with Gasteiger partial charge in [-0.2, -0.15) is 11.8 Å². The number of hydrogen-bond acceptors (Lipinski definition) is 4. The molecule has 0 unspecified atom stereocenters. The van der Waals surface area contributed by atoms with E-state index >= 15 is 0 Å². The first-order valence-electron chi connectivity index (χ1n) is 6.79. The standard InChI is InChI=1S/C15H21NO4S/c1-3-11-5-4-6-12(9-11)20-10-14(17)16-13(15(18)19)7-8-21-2/h4-6,9,13H,3,7-8,10H2,1-2H3,(H,16,17)(H,18,19)/t13-/m1/s1. The molecule has 0 spiro atoms. The lowest BCUT2D eigenvalue weighted by Gasteiger charge is -2.14. The Labute approximate surface area is 129 Å². The van der Waals surface area contributed by atoms with Crippen LogP contribution in [0.2, 0.25) is 0 Å². The minimum Gasteiger partial charge on any atom is -0.484 e. The van der Waals surface area contributed by atoms with E-state index < -0.39 is 17.9 Å². The number of carbonyl (C=O) groups is 2. The van der Waals surface area contributed by atoms with Gasteiger partial charge in [0.2, 0.25) is 0 Å². The first kappa shape index (κ1) is 17.4. The first-order chi connectivity index (χ1) is 10.1. The Hall–Kier alpha value is -1.69. The zero-order chi connectivity index (χ0) is 15.7. The van der Waals surface area contributed by atoms with Crippen LogP contribution in [0.15, 0.2) is 24.3 Å². The van der Waals surface area contributed by atoms with Crippen molar-refractivity contribution in [2.24, 2.45) is 0 Å². The van der Waals surface area contributed by atoms with E-state index in [-0.39, 0.29) is 6.61 Å². The second-order valence-corrected chi connectivity index (χ2v) is 5.52. The molecule has 1 rings (SSSR count). The molecule has 0 bridgehead atoms. The normalized spacial score (nSPS) is 11.7. The molecular formula is C15H21NO4S. The molecule has 0 aliphatic rings. The van der Waals surface area contributed by atoms with Gasteiger partial charge in [-0.25, -0.2) is 4.79 Å². The van der Waals surface area contributed by atoms with Crippen LogP contribution in [0.25, 0.3) is 0 Å². The number of thioether (sulfide) groups is 1. The number of carboxylic acid groups (broad SMARTS) is 1. The van der Waals surface area contributed by atoms with Crippen LogP contribution in [-0.4, -0.2) is 41.6 Å². The highest BCUT2D eigenvalue weighted by molar-refractivity contribution is 7.98. The molecule has 0 aromatic heterocycles. The van der Waals surface area contributed by atoms with Gasteiger partial charge in [0.15, 0.2) is 6.61 Å². The molecule has 1 atom stereocenters. The van der Waals surface area contributed by atoms with Crippen molar-refractivity contribution in [3.05, 3.63) is 29.8 Å². The SMILES string of the molecule is CCc1cccc(OCC(=O)N[C@H](CCSC)C(=O)O)c1. The third-order valence-electron chi connectivity index (χ3n) is 2.92. The van der Waals surface area contributed by atoms with E-state index in [2.05, 4.69) is 5.32 Å². The Morgan fingerprint density at radius 2 is 2.19 bits per heavy atom. The highest BCUT2D eigenvalue weighted by atomic mass is 32.2. The second-order valence-electron chi connectivity index (χ2n) is 4.53. The summed E-state index contributed by atoms with van der Waals surface area (Å²) in [4.78, 5) is 22.8. The summed E-state index contributed by atoms with van der Waals surface area (Å²) in [5.41, 5.74) is 1.12. The maximum absolute atomic E-state index is 11.7. The summed E-state index contributed by atoms with van der Waals surface area (Å²) in [6.07, 6.45) is 3.18. The summed E-state index contributed by atoms with van der Waals surface area (Å²) in [7, 11) is 0. The molecule has 0 radical (unpaired) electrons. The number of carbonyl (C=O) groups excluding carboxylic acids is 1. The molecule has 116 valence electrons. The van der Waals surface area contributed by atoms with E-state index in [1.54, 1.807) is 17.8 Å². The fraction of sp³-hybridized carbons (Fsp3) is 0.467. The molecular weight excluding hydrogens is 290 g/mol. The van der Waals surface area contributed by atoms with Crippen molar-refractivity contribution in [1.29, 1.82) is 0 Å². The molecule has 5 nitrogen and oxygen atoms in total. The fourth-order valence-electron chi connectivity index (χ4n) is 1.73. The van der Waals surface area contributed by atoms with E-state index in [1.165, 1.54) is 0 Å². The van der Waals surface area contributed by atoms with Crippen LogP contribution in [-0.2, 0) is 16.0 Å². The zero-order valence-electron chi connectivity index (χ0n) is 12.3. The summed E-state index contributed by atoms with van der Waals surface area (Å²) >= 11 is 1.54. The molecule has 0 fully saturated rings. The number of nitrogens with one attached hydrogen (secondary N) is 1. The van der Waals surface area contributed by atoms with Crippen molar-refractivity contribution in [3.63, 3.8) is 0 Å². The van der Waals surface area contributed by atoms with Crippen molar-refractivity contribution in [2.75, 3.05) is 18.6 Å². The monoisotopic (exact) mass is 311 g/mol. The van der Waals surface area contributed by atoms with Crippen LogP contribution in [0.3, 0.4) is 0 Å². The largest absolute Gasteiger partial charge is 0.484 e. The third-order valence-corrected chi connectivity index (χ3v) is 3.56. The van der Waals surface area contributed by atoms with Gasteiger partial charge in [-0.15, -0.1) is 0 Å². The number of amides is 1. The fourth-order valence-corrected chi connectivity index (χ4v) is 2.20. The average molecular weight is 311 g/mol. The maximum atomic E-state index is 11.7. The van der Waals surface area contributed by atoms with Crippen LogP contribution in [0.1, 0.15) is 18.9 Å². The van der Waals surface area contributed by atoms with E-state index in [1.807, 2.05) is 31.4 Å². The highest BCUT2D eigenvalue weighted by Gasteiger charge is 2.19. The van der Waals surface area contributed by atoms with Crippen LogP contribution >= 0.6 is 11.8 Å². The van der Waals surface area contributed by atoms with Crippen molar-refractivity contribution < 1.29 is 19.4 Å². The Bertz CT molecular complexity index is 478. The summed E-state index contributed by atoms with van der Waals surface area (Å²) in [5, 5.41) is 11.5. The number of ether oxygens (including phenoxy) is 1. The molecule has 21 heavy (non-hydrogen) atoms. The Kier molecular flexibility index (Phi) is 7.68. The molecule has 1 amide bonds. The predicted octanol–water partition coefficient (Wildman–Crippen LogP) is 1.95. The maximum Gasteiger partial charge on any atom is 0.326 e. The van der Waals surface area contributed by atoms with Crippen LogP contribution in [0, 0.1) is 0 Å². The number of benzene rings is 1. The molecule has 1 aromatic carbocycles. The number of hydrogen-bond donors (Lipinski definition) is 2. The Balaban J connectivity index is 2.46. The van der Waals surface area contributed by atoms with Gasteiger partial charge in [-0.1, -0.05) is 19.1 Å². The van der Waals surface area contributed by atoms with Crippen molar-refractivity contribution in [3.8, 4) is 5.75 Å². The minimum absolute atomic E-state index is 0.184. The molecule has 0 heterocycles. The van der Waals surface area contributed by atoms with Gasteiger partial charge in [0.05, 0.1) is 0 Å². The first-order valence-corrected chi connectivity index (χ1v) is 8.19. The number of rotatable bonds is 9. The molecule has 2 N–H and O–H groups in total. The van der Waals surface area contributed by atoms with E-state index in [4.69, 9.17) is 9.84 Å². The summed E-state index contributed by atoms with van der Waals surface area (Å²) < 4.78 is 5.39. The van der Waals surface area contributed by atoms with Gasteiger partial charge in [0.1, 0.15) is 11.8 Å². The van der Waals surface area contributed by atoms with Gasteiger partial charge in [0, 0.05) is 0 Å². The quantitative estimate of drug-likeness (QED) is 0.729. The van der Waals surface area contributed by atoms with Crippen molar-refractivity contribution in [2.45, 2.75) is 25.8 Å². The van der Waals surface area contributed by atoms with E-state index in [0.717, 1.165) is 12.0 Å². The van der Waals surface area contributed by atoms with Crippen molar-refractivity contribution >= 4 is 23.6 Å². The summed E-state index contributed by atoms with van der Waals surface area (Å²) in [6.45, 7) is 1.85. The lowest BCUT2D eigenvalue weighted by molar-refractivity contribution is -0.142. The van der Waals surface area contributed by atoms with Gasteiger partial charge >= 0.3 is 5.97 Å². The highest BCUT2D eigenvalue weighted by Crippen LogP contribution is 2.13. The summed E-state index contributed by atoms with van der Waals surface area (Å²) in [6, 6.07) is 6.63.